The van der Waals surface area contributed by atoms with E-state index in [-0.39, 0.29) is 22.1 Å². The van der Waals surface area contributed by atoms with Crippen molar-refractivity contribution in [2.45, 2.75) is 13.0 Å². The molecule has 1 unspecified atom stereocenters. The minimum absolute atomic E-state index is 0. The number of halogens is 1. The maximum Gasteiger partial charge on any atom is 0.332 e. The van der Waals surface area contributed by atoms with Gasteiger partial charge in [0.05, 0.1) is 27.6 Å². The van der Waals surface area contributed by atoms with Crippen molar-refractivity contribution in [3.8, 4) is 11.4 Å². The number of fused-ring (bicyclic) bond motifs is 2. The molecule has 5 rings (SSSR count). The number of aliphatic hydroxyl groups excluding tert-OH is 1. The van der Waals surface area contributed by atoms with E-state index in [4.69, 9.17) is 15.9 Å². The molecule has 0 radical (unpaired) electrons. The molecule has 4 aromatic rings. The number of imidazole rings is 1. The summed E-state index contributed by atoms with van der Waals surface area (Å²) in [5.74, 6) is -1.33. The Hall–Kier alpha value is -4.00. The van der Waals surface area contributed by atoms with Gasteiger partial charge in [-0.3, -0.25) is 4.79 Å². The van der Waals surface area contributed by atoms with E-state index < -0.39 is 23.4 Å². The Labute approximate surface area is 205 Å². The fourth-order valence-electron chi connectivity index (χ4n) is 3.95. The molecule has 8 N–H and O–H groups in total. The van der Waals surface area contributed by atoms with Crippen molar-refractivity contribution < 1.29 is 24.9 Å². The molecule has 2 aromatic carbocycles. The molecule has 0 saturated carbocycles. The average molecular weight is 501 g/mol. The van der Waals surface area contributed by atoms with Crippen LogP contribution in [0.4, 0.5) is 15.8 Å². The van der Waals surface area contributed by atoms with Crippen LogP contribution in [-0.4, -0.2) is 80.8 Å². The van der Waals surface area contributed by atoms with Gasteiger partial charge in [-0.1, -0.05) is 6.07 Å². The molecule has 0 aliphatic carbocycles. The molecule has 192 valence electrons. The van der Waals surface area contributed by atoms with Gasteiger partial charge in [-0.2, -0.15) is 0 Å². The van der Waals surface area contributed by atoms with Crippen molar-refractivity contribution in [3.63, 3.8) is 0 Å². The lowest BCUT2D eigenvalue weighted by Crippen LogP contribution is -2.44. The van der Waals surface area contributed by atoms with Gasteiger partial charge in [0.15, 0.2) is 0 Å². The van der Waals surface area contributed by atoms with Crippen LogP contribution < -0.4 is 16.2 Å². The van der Waals surface area contributed by atoms with Crippen LogP contribution in [0.5, 0.6) is 0 Å². The van der Waals surface area contributed by atoms with E-state index in [0.29, 0.717) is 11.3 Å². The van der Waals surface area contributed by atoms with Crippen molar-refractivity contribution in [2.75, 3.05) is 43.9 Å². The Bertz CT molecular complexity index is 1440. The summed E-state index contributed by atoms with van der Waals surface area (Å²) in [6, 6.07) is 10.5. The van der Waals surface area contributed by atoms with Gasteiger partial charge in [-0.25, -0.2) is 14.2 Å². The number of rotatable bonds is 3. The second-order valence-electron chi connectivity index (χ2n) is 8.50. The highest BCUT2D eigenvalue weighted by atomic mass is 19.1. The van der Waals surface area contributed by atoms with Crippen LogP contribution in [-0.2, 0) is 4.79 Å². The number of nitrogens with zero attached hydrogens (tertiary/aromatic N) is 3. The number of aliphatic hydroxyl groups is 1. The third kappa shape index (κ3) is 5.30. The highest BCUT2D eigenvalue weighted by molar-refractivity contribution is 5.98. The highest BCUT2D eigenvalue weighted by Gasteiger charge is 2.19. The van der Waals surface area contributed by atoms with E-state index in [9.17, 15) is 14.0 Å². The number of hydrogen-bond donors (Lipinski definition) is 5. The van der Waals surface area contributed by atoms with Crippen LogP contribution in [0.3, 0.4) is 0 Å². The number of nitrogens with one attached hydrogen (secondary N) is 2. The molecule has 0 amide bonds. The summed E-state index contributed by atoms with van der Waals surface area (Å²) in [5, 5.41) is 16.0. The average Bonchev–Trinajstić information content (AvgIpc) is 3.22. The number of carboxylic acid groups (broad SMARTS) is 1. The number of hydrogen-bond acceptors (Lipinski definition) is 7. The first-order chi connectivity index (χ1) is 16.7. The number of likely N-dealkylation sites (N-methyl/N-ethyl adjacent to an activating group) is 1. The SMILES string of the molecule is CC(O)C(=O)O.CN1CCN(c2ccc3nc(-c4c(N)c5c(F)cccc5[nH]c4=O)[nH]c3c2)CC1.O. The van der Waals surface area contributed by atoms with Crippen molar-refractivity contribution in [2.24, 2.45) is 0 Å². The minimum atomic E-state index is -1.23. The lowest BCUT2D eigenvalue weighted by Gasteiger charge is -2.34. The zero-order valence-corrected chi connectivity index (χ0v) is 19.9. The Balaban J connectivity index is 0.000000464. The third-order valence-corrected chi connectivity index (χ3v) is 5.96. The molecule has 11 nitrogen and oxygen atoms in total. The number of aromatic nitrogens is 3. The Kier molecular flexibility index (Phi) is 7.93. The van der Waals surface area contributed by atoms with Gasteiger partial charge in [-0.15, -0.1) is 0 Å². The molecular weight excluding hydrogens is 471 g/mol. The van der Waals surface area contributed by atoms with Gasteiger partial charge < -0.3 is 41.2 Å². The zero-order chi connectivity index (χ0) is 25.3. The van der Waals surface area contributed by atoms with E-state index >= 15 is 0 Å². The zero-order valence-electron chi connectivity index (χ0n) is 19.9. The first kappa shape index (κ1) is 26.6. The number of carbonyl (C=O) groups is 1. The number of nitrogen functional groups attached to an aromatic ring is 1. The number of benzene rings is 2. The van der Waals surface area contributed by atoms with Crippen LogP contribution >= 0.6 is 0 Å². The van der Waals surface area contributed by atoms with Gasteiger partial charge >= 0.3 is 5.97 Å². The lowest BCUT2D eigenvalue weighted by molar-refractivity contribution is -0.145. The molecule has 3 heterocycles. The third-order valence-electron chi connectivity index (χ3n) is 5.96. The molecule has 1 fully saturated rings. The predicted octanol–water partition coefficient (Wildman–Crippen LogP) is 1.17. The molecule has 1 aliphatic rings. The molecule has 1 aliphatic heterocycles. The number of aliphatic carboxylic acids is 1. The summed E-state index contributed by atoms with van der Waals surface area (Å²) in [6.07, 6.45) is -1.23. The second-order valence-corrected chi connectivity index (χ2v) is 8.50. The molecule has 2 aromatic heterocycles. The van der Waals surface area contributed by atoms with Gasteiger partial charge in [0, 0.05) is 31.9 Å². The van der Waals surface area contributed by atoms with E-state index in [1.54, 1.807) is 6.07 Å². The standard InChI is InChI=1S/C21H21FN6O.C3H6O3.H2O/c1-27-7-9-28(10-8-27)12-5-6-14-16(11-12)25-20(24-14)18-19(23)17-13(22)3-2-4-15(17)26-21(18)29;1-2(4)3(5)6;/h2-6,11H,7-10H2,1H3,(H,24,25)(H3,23,26,29);2,4H,1H3,(H,5,6);1H2. The van der Waals surface area contributed by atoms with Crippen molar-refractivity contribution in [1.82, 2.24) is 19.9 Å². The molecule has 1 atom stereocenters. The van der Waals surface area contributed by atoms with E-state index in [0.717, 1.165) is 42.9 Å². The summed E-state index contributed by atoms with van der Waals surface area (Å²) in [6.45, 7) is 5.14. The first-order valence-corrected chi connectivity index (χ1v) is 11.1. The number of pyridine rings is 1. The van der Waals surface area contributed by atoms with E-state index in [2.05, 4.69) is 31.8 Å². The van der Waals surface area contributed by atoms with Crippen molar-refractivity contribution >= 4 is 39.3 Å². The molecule has 12 heteroatoms. The molecule has 1 saturated heterocycles. The summed E-state index contributed by atoms with van der Waals surface area (Å²) in [7, 11) is 2.12. The van der Waals surface area contributed by atoms with Crippen LogP contribution in [0.25, 0.3) is 33.3 Å². The number of H-pyrrole nitrogens is 2. The smallest absolute Gasteiger partial charge is 0.332 e. The number of carboxylic acids is 1. The van der Waals surface area contributed by atoms with Gasteiger partial charge in [0.2, 0.25) is 0 Å². The normalized spacial score (nSPS) is 14.7. The topological polar surface area (TPSA) is 183 Å². The fraction of sp³-hybridized carbons (Fsp3) is 0.292. The van der Waals surface area contributed by atoms with Crippen LogP contribution in [0.15, 0.2) is 41.2 Å². The predicted molar refractivity (Wildman–Crippen MR) is 137 cm³/mol. The summed E-state index contributed by atoms with van der Waals surface area (Å²) in [4.78, 5) is 37.2. The second kappa shape index (κ2) is 10.7. The molecule has 0 bridgehead atoms. The lowest BCUT2D eigenvalue weighted by atomic mass is 10.1. The first-order valence-electron chi connectivity index (χ1n) is 11.1. The van der Waals surface area contributed by atoms with Crippen molar-refractivity contribution in [1.29, 1.82) is 0 Å². The van der Waals surface area contributed by atoms with Gasteiger partial charge in [-0.05, 0) is 44.3 Å². The number of nitrogens with two attached hydrogens (primary N) is 1. The van der Waals surface area contributed by atoms with Crippen LogP contribution in [0, 0.1) is 5.82 Å². The molecule has 36 heavy (non-hydrogen) atoms. The highest BCUT2D eigenvalue weighted by Crippen LogP contribution is 2.30. The molecule has 0 spiro atoms. The summed E-state index contributed by atoms with van der Waals surface area (Å²) in [5.41, 5.74) is 9.04. The number of piperazine rings is 1. The van der Waals surface area contributed by atoms with Gasteiger partial charge in [0.1, 0.15) is 23.3 Å². The monoisotopic (exact) mass is 500 g/mol. The number of aromatic amines is 2. The Morgan fingerprint density at radius 1 is 1.14 bits per heavy atom. The molecular formula is C24H29FN6O5. The van der Waals surface area contributed by atoms with E-state index in [1.807, 2.05) is 18.2 Å². The van der Waals surface area contributed by atoms with Crippen LogP contribution in [0.2, 0.25) is 0 Å². The van der Waals surface area contributed by atoms with Gasteiger partial charge in [0.25, 0.3) is 5.56 Å². The fourth-order valence-corrected chi connectivity index (χ4v) is 3.95. The van der Waals surface area contributed by atoms with Crippen LogP contribution in [0.1, 0.15) is 6.92 Å². The quantitative estimate of drug-likeness (QED) is 0.278. The summed E-state index contributed by atoms with van der Waals surface area (Å²) >= 11 is 0. The maximum absolute atomic E-state index is 14.3. The Morgan fingerprint density at radius 3 is 2.44 bits per heavy atom. The maximum atomic E-state index is 14.3. The Morgan fingerprint density at radius 2 is 1.81 bits per heavy atom. The largest absolute Gasteiger partial charge is 0.479 e. The minimum Gasteiger partial charge on any atom is -0.479 e. The van der Waals surface area contributed by atoms with E-state index in [1.165, 1.54) is 19.1 Å². The summed E-state index contributed by atoms with van der Waals surface area (Å²) < 4.78 is 14.3. The van der Waals surface area contributed by atoms with Crippen molar-refractivity contribution in [3.05, 3.63) is 52.6 Å². The number of anilines is 2.